The van der Waals surface area contributed by atoms with Gasteiger partial charge in [-0.05, 0) is 33.3 Å². The van der Waals surface area contributed by atoms with Crippen molar-refractivity contribution in [2.45, 2.75) is 53.6 Å². The molecular weight excluding hydrogens is 275 g/mol. The van der Waals surface area contributed by atoms with Crippen molar-refractivity contribution in [1.29, 1.82) is 0 Å². The molecule has 1 aromatic heterocycles. The second kappa shape index (κ2) is 8.97. The van der Waals surface area contributed by atoms with Crippen molar-refractivity contribution in [3.05, 3.63) is 23.8 Å². The van der Waals surface area contributed by atoms with Gasteiger partial charge in [-0.2, -0.15) is 4.39 Å². The van der Waals surface area contributed by atoms with Crippen molar-refractivity contribution in [3.63, 3.8) is 0 Å². The summed E-state index contributed by atoms with van der Waals surface area (Å²) < 4.78 is 18.6. The van der Waals surface area contributed by atoms with Gasteiger partial charge in [-0.1, -0.05) is 26.1 Å². The molecule has 0 amide bonds. The Kier molecular flexibility index (Phi) is 8.49. The molecular formula is C15H25FN2OS. The van der Waals surface area contributed by atoms with Gasteiger partial charge in [0.15, 0.2) is 0 Å². The molecule has 0 saturated carbocycles. The van der Waals surface area contributed by atoms with Crippen LogP contribution in [0.25, 0.3) is 0 Å². The highest BCUT2D eigenvalue weighted by Gasteiger charge is 2.10. The van der Waals surface area contributed by atoms with Gasteiger partial charge in [0.25, 0.3) is 0 Å². The van der Waals surface area contributed by atoms with Gasteiger partial charge in [-0.3, -0.25) is 0 Å². The van der Waals surface area contributed by atoms with E-state index in [-0.39, 0.29) is 5.60 Å². The Labute approximate surface area is 126 Å². The molecule has 114 valence electrons. The number of thiocarbonyl (C=S) groups is 1. The number of pyridine rings is 1. The summed E-state index contributed by atoms with van der Waals surface area (Å²) in [4.78, 5) is 4.20. The van der Waals surface area contributed by atoms with E-state index in [1.54, 1.807) is 0 Å². The first-order valence-corrected chi connectivity index (χ1v) is 7.25. The molecule has 0 atom stereocenters. The van der Waals surface area contributed by atoms with E-state index in [0.717, 1.165) is 5.56 Å². The fourth-order valence-electron chi connectivity index (χ4n) is 1.30. The SMILES string of the molecule is CC.Cc1cnc(F)cc1NC(=S)CCOC(C)(C)C. The first kappa shape index (κ1) is 18.9. The Morgan fingerprint density at radius 3 is 2.55 bits per heavy atom. The number of halogens is 1. The first-order valence-electron chi connectivity index (χ1n) is 6.84. The normalized spacial score (nSPS) is 10.6. The molecule has 5 heteroatoms. The minimum absolute atomic E-state index is 0.172. The zero-order valence-corrected chi connectivity index (χ0v) is 14.0. The molecule has 0 aliphatic carbocycles. The van der Waals surface area contributed by atoms with Crippen LogP contribution in [-0.2, 0) is 4.74 Å². The van der Waals surface area contributed by atoms with E-state index in [2.05, 4.69) is 10.3 Å². The second-order valence-corrected chi connectivity index (χ2v) is 5.57. The molecule has 0 aromatic carbocycles. The molecule has 3 nitrogen and oxygen atoms in total. The largest absolute Gasteiger partial charge is 0.375 e. The Morgan fingerprint density at radius 2 is 2.00 bits per heavy atom. The van der Waals surface area contributed by atoms with Crippen LogP contribution in [0.5, 0.6) is 0 Å². The summed E-state index contributed by atoms with van der Waals surface area (Å²) in [6.45, 7) is 12.4. The lowest BCUT2D eigenvalue weighted by Gasteiger charge is -2.19. The summed E-state index contributed by atoms with van der Waals surface area (Å²) in [5.41, 5.74) is 1.34. The Bertz CT molecular complexity index is 430. The van der Waals surface area contributed by atoms with Crippen LogP contribution in [0, 0.1) is 12.9 Å². The highest BCUT2D eigenvalue weighted by Crippen LogP contribution is 2.15. The summed E-state index contributed by atoms with van der Waals surface area (Å²) >= 11 is 5.19. The van der Waals surface area contributed by atoms with Gasteiger partial charge in [-0.25, -0.2) is 4.98 Å². The van der Waals surface area contributed by atoms with Crippen molar-refractivity contribution < 1.29 is 9.13 Å². The average molecular weight is 300 g/mol. The molecule has 1 rings (SSSR count). The Morgan fingerprint density at radius 1 is 1.40 bits per heavy atom. The summed E-state index contributed by atoms with van der Waals surface area (Å²) in [5.74, 6) is -0.517. The maximum Gasteiger partial charge on any atom is 0.214 e. The lowest BCUT2D eigenvalue weighted by molar-refractivity contribution is 0.00150. The van der Waals surface area contributed by atoms with Crippen molar-refractivity contribution in [3.8, 4) is 0 Å². The fraction of sp³-hybridized carbons (Fsp3) is 0.600. The van der Waals surface area contributed by atoms with Crippen LogP contribution in [0.15, 0.2) is 12.3 Å². The molecule has 1 N–H and O–H groups in total. The molecule has 0 radical (unpaired) electrons. The van der Waals surface area contributed by atoms with E-state index in [1.807, 2.05) is 41.5 Å². The van der Waals surface area contributed by atoms with Gasteiger partial charge in [0, 0.05) is 24.4 Å². The quantitative estimate of drug-likeness (QED) is 0.656. The third-order valence-corrected chi connectivity index (χ3v) is 2.51. The average Bonchev–Trinajstić information content (AvgIpc) is 2.35. The van der Waals surface area contributed by atoms with Crippen molar-refractivity contribution in [1.82, 2.24) is 4.98 Å². The van der Waals surface area contributed by atoms with Crippen LogP contribution in [0.4, 0.5) is 10.1 Å². The Balaban J connectivity index is 0.00000172. The topological polar surface area (TPSA) is 34.2 Å². The first-order chi connectivity index (χ1) is 9.28. The number of aryl methyl sites for hydroxylation is 1. The van der Waals surface area contributed by atoms with E-state index < -0.39 is 5.95 Å². The van der Waals surface area contributed by atoms with Gasteiger partial charge in [0.2, 0.25) is 5.95 Å². The number of rotatable bonds is 4. The van der Waals surface area contributed by atoms with Crippen LogP contribution in [0.1, 0.15) is 46.6 Å². The number of nitrogens with zero attached hydrogens (tertiary/aromatic N) is 1. The van der Waals surface area contributed by atoms with Gasteiger partial charge >= 0.3 is 0 Å². The van der Waals surface area contributed by atoms with Crippen LogP contribution in [0.3, 0.4) is 0 Å². The van der Waals surface area contributed by atoms with Gasteiger partial charge in [-0.15, -0.1) is 0 Å². The molecule has 20 heavy (non-hydrogen) atoms. The molecule has 0 bridgehead atoms. The molecule has 0 unspecified atom stereocenters. The number of aromatic nitrogens is 1. The smallest absolute Gasteiger partial charge is 0.214 e. The van der Waals surface area contributed by atoms with E-state index in [4.69, 9.17) is 17.0 Å². The van der Waals surface area contributed by atoms with Crippen molar-refractivity contribution in [2.24, 2.45) is 0 Å². The monoisotopic (exact) mass is 300 g/mol. The number of nitrogens with one attached hydrogen (secondary N) is 1. The fourth-order valence-corrected chi connectivity index (χ4v) is 1.49. The van der Waals surface area contributed by atoms with E-state index in [1.165, 1.54) is 12.3 Å². The number of hydrogen-bond donors (Lipinski definition) is 1. The molecule has 1 heterocycles. The Hall–Kier alpha value is -1.07. The number of hydrogen-bond acceptors (Lipinski definition) is 3. The van der Waals surface area contributed by atoms with Crippen LogP contribution >= 0.6 is 12.2 Å². The van der Waals surface area contributed by atoms with Crippen molar-refractivity contribution >= 4 is 22.9 Å². The predicted octanol–water partition coefficient (Wildman–Crippen LogP) is 4.50. The van der Waals surface area contributed by atoms with Crippen LogP contribution in [0.2, 0.25) is 0 Å². The highest BCUT2D eigenvalue weighted by atomic mass is 32.1. The second-order valence-electron chi connectivity index (χ2n) is 5.08. The molecule has 0 fully saturated rings. The molecule has 0 saturated heterocycles. The lowest BCUT2D eigenvalue weighted by atomic mass is 10.2. The van der Waals surface area contributed by atoms with E-state index in [0.29, 0.717) is 23.7 Å². The molecule has 0 aliphatic heterocycles. The van der Waals surface area contributed by atoms with Gasteiger partial charge in [0.05, 0.1) is 17.2 Å². The zero-order chi connectivity index (χ0) is 15.8. The number of ether oxygens (including phenoxy) is 1. The maximum absolute atomic E-state index is 13.0. The van der Waals surface area contributed by atoms with Crippen LogP contribution < -0.4 is 5.32 Å². The molecule has 0 spiro atoms. The van der Waals surface area contributed by atoms with E-state index >= 15 is 0 Å². The van der Waals surface area contributed by atoms with Crippen molar-refractivity contribution in [2.75, 3.05) is 11.9 Å². The third kappa shape index (κ3) is 8.17. The standard InChI is InChI=1S/C13H19FN2OS.C2H6/c1-9-8-15-11(14)7-10(9)16-12(18)5-6-17-13(2,3)4;1-2/h7-8H,5-6H2,1-4H3,(H,15,16,18);1-2H3. The number of anilines is 1. The minimum Gasteiger partial charge on any atom is -0.375 e. The van der Waals surface area contributed by atoms with E-state index in [9.17, 15) is 4.39 Å². The molecule has 0 aliphatic rings. The summed E-state index contributed by atoms with van der Waals surface area (Å²) in [6.07, 6.45) is 2.09. The molecule has 1 aromatic rings. The predicted molar refractivity (Wildman–Crippen MR) is 86.8 cm³/mol. The van der Waals surface area contributed by atoms with Gasteiger partial charge < -0.3 is 10.1 Å². The van der Waals surface area contributed by atoms with Gasteiger partial charge in [0.1, 0.15) is 0 Å². The van der Waals surface area contributed by atoms with Crippen LogP contribution in [-0.4, -0.2) is 22.2 Å². The summed E-state index contributed by atoms with van der Waals surface area (Å²) in [6, 6.07) is 1.34. The maximum atomic E-state index is 13.0. The highest BCUT2D eigenvalue weighted by molar-refractivity contribution is 7.80. The third-order valence-electron chi connectivity index (χ3n) is 2.21. The summed E-state index contributed by atoms with van der Waals surface area (Å²) in [5, 5.41) is 3.01. The zero-order valence-electron chi connectivity index (χ0n) is 13.2. The minimum atomic E-state index is -0.517. The summed E-state index contributed by atoms with van der Waals surface area (Å²) in [7, 11) is 0. The lowest BCUT2D eigenvalue weighted by Crippen LogP contribution is -2.22.